The number of hydrogen-bond acceptors (Lipinski definition) is 5. The highest BCUT2D eigenvalue weighted by Gasteiger charge is 2.26. The van der Waals surface area contributed by atoms with Gasteiger partial charge >= 0.3 is 11.9 Å². The smallest absolute Gasteiger partial charge is 0.338 e. The van der Waals surface area contributed by atoms with Crippen molar-refractivity contribution in [3.63, 3.8) is 0 Å². The lowest BCUT2D eigenvalue weighted by Crippen LogP contribution is -2.11. The normalized spacial score (nSPS) is 10.5. The van der Waals surface area contributed by atoms with Crippen molar-refractivity contribution in [2.75, 3.05) is 14.2 Å². The molecule has 0 radical (unpaired) electrons. The molecule has 2 rings (SSSR count). The number of carbonyl (C=O) groups is 2. The Hall–Kier alpha value is -3.17. The zero-order chi connectivity index (χ0) is 20.3. The van der Waals surface area contributed by atoms with Gasteiger partial charge in [-0.1, -0.05) is 0 Å². The van der Waals surface area contributed by atoms with Crippen LogP contribution in [-0.2, 0) is 16.1 Å². The lowest BCUT2D eigenvalue weighted by molar-refractivity contribution is 0.0598. The van der Waals surface area contributed by atoms with E-state index < -0.39 is 53.2 Å². The molecule has 0 heterocycles. The number of carbonyl (C=O) groups excluding carboxylic acids is 2. The molecule has 0 saturated heterocycles. The summed E-state index contributed by atoms with van der Waals surface area (Å²) >= 11 is 0. The summed E-state index contributed by atoms with van der Waals surface area (Å²) in [4.78, 5) is 23.3. The summed E-state index contributed by atoms with van der Waals surface area (Å²) in [6.45, 7) is -1.06. The summed E-state index contributed by atoms with van der Waals surface area (Å²) < 4.78 is 80.9. The summed E-state index contributed by atoms with van der Waals surface area (Å²) in [6, 6.07) is 3.23. The zero-order valence-electron chi connectivity index (χ0n) is 13.9. The van der Waals surface area contributed by atoms with Crippen LogP contribution in [0.25, 0.3) is 0 Å². The van der Waals surface area contributed by atoms with Crippen molar-refractivity contribution in [3.05, 3.63) is 64.0 Å². The van der Waals surface area contributed by atoms with E-state index in [0.717, 1.165) is 32.4 Å². The van der Waals surface area contributed by atoms with E-state index in [9.17, 15) is 31.5 Å². The largest absolute Gasteiger partial charge is 0.489 e. The molecule has 2 aromatic carbocycles. The summed E-state index contributed by atoms with van der Waals surface area (Å²) in [6.07, 6.45) is 0. The third-order valence-corrected chi connectivity index (χ3v) is 3.43. The van der Waals surface area contributed by atoms with Gasteiger partial charge in [-0.2, -0.15) is 0 Å². The van der Waals surface area contributed by atoms with Crippen LogP contribution >= 0.6 is 0 Å². The highest BCUT2D eigenvalue weighted by atomic mass is 19.2. The Morgan fingerprint density at radius 2 is 1.15 bits per heavy atom. The van der Waals surface area contributed by atoms with Crippen LogP contribution in [0.3, 0.4) is 0 Å². The predicted octanol–water partition coefficient (Wildman–Crippen LogP) is 3.53. The van der Waals surface area contributed by atoms with Crippen molar-refractivity contribution in [1.82, 2.24) is 0 Å². The standard InChI is InChI=1S/C17H11F5O5/c1-25-16(23)7-3-8(17(24)26-2)5-9(4-7)27-6-10-11(18)13(20)15(22)14(21)12(10)19/h3-5H,6H2,1-2H3. The maximum Gasteiger partial charge on any atom is 0.338 e. The first-order chi connectivity index (χ1) is 12.7. The average Bonchev–Trinajstić information content (AvgIpc) is 2.69. The number of rotatable bonds is 5. The Labute approximate surface area is 149 Å². The monoisotopic (exact) mass is 390 g/mol. The Balaban J connectivity index is 2.41. The van der Waals surface area contributed by atoms with Gasteiger partial charge < -0.3 is 14.2 Å². The maximum atomic E-state index is 13.7. The van der Waals surface area contributed by atoms with Gasteiger partial charge in [0.15, 0.2) is 23.3 Å². The molecule has 0 atom stereocenters. The van der Waals surface area contributed by atoms with E-state index in [1.807, 2.05) is 0 Å². The molecule has 0 bridgehead atoms. The van der Waals surface area contributed by atoms with E-state index in [1.54, 1.807) is 0 Å². The SMILES string of the molecule is COC(=O)c1cc(OCc2c(F)c(F)c(F)c(F)c2F)cc(C(=O)OC)c1. The highest BCUT2D eigenvalue weighted by Crippen LogP contribution is 2.25. The highest BCUT2D eigenvalue weighted by molar-refractivity contribution is 5.96. The van der Waals surface area contributed by atoms with E-state index in [2.05, 4.69) is 9.47 Å². The van der Waals surface area contributed by atoms with Gasteiger partial charge in [0.25, 0.3) is 0 Å². The van der Waals surface area contributed by atoms with E-state index in [1.165, 1.54) is 0 Å². The first-order valence-corrected chi connectivity index (χ1v) is 7.16. The van der Waals surface area contributed by atoms with Gasteiger partial charge in [-0.3, -0.25) is 0 Å². The molecule has 0 amide bonds. The van der Waals surface area contributed by atoms with Crippen LogP contribution in [0.1, 0.15) is 26.3 Å². The molecule has 0 N–H and O–H groups in total. The van der Waals surface area contributed by atoms with Crippen LogP contribution in [0.15, 0.2) is 18.2 Å². The van der Waals surface area contributed by atoms with Crippen LogP contribution in [0.4, 0.5) is 22.0 Å². The van der Waals surface area contributed by atoms with Gasteiger partial charge in [0, 0.05) is 0 Å². The van der Waals surface area contributed by atoms with E-state index in [-0.39, 0.29) is 16.9 Å². The summed E-state index contributed by atoms with van der Waals surface area (Å²) in [5.41, 5.74) is -1.53. The first-order valence-electron chi connectivity index (χ1n) is 7.16. The third kappa shape index (κ3) is 3.99. The molecular weight excluding hydrogens is 379 g/mol. The molecule has 2 aromatic rings. The van der Waals surface area contributed by atoms with Gasteiger partial charge in [0.2, 0.25) is 5.82 Å². The van der Waals surface area contributed by atoms with E-state index in [4.69, 9.17) is 4.74 Å². The Morgan fingerprint density at radius 3 is 1.56 bits per heavy atom. The van der Waals surface area contributed by atoms with Gasteiger partial charge in [-0.15, -0.1) is 0 Å². The molecule has 144 valence electrons. The average molecular weight is 390 g/mol. The van der Waals surface area contributed by atoms with E-state index >= 15 is 0 Å². The second-order valence-corrected chi connectivity index (χ2v) is 5.07. The van der Waals surface area contributed by atoms with Crippen LogP contribution in [0.2, 0.25) is 0 Å². The second kappa shape index (κ2) is 8.02. The molecule has 0 aromatic heterocycles. The predicted molar refractivity (Wildman–Crippen MR) is 79.7 cm³/mol. The number of ether oxygens (including phenoxy) is 3. The molecule has 0 aliphatic carbocycles. The van der Waals surface area contributed by atoms with Gasteiger partial charge in [-0.25, -0.2) is 31.5 Å². The minimum atomic E-state index is -2.30. The minimum absolute atomic E-state index is 0.159. The summed E-state index contributed by atoms with van der Waals surface area (Å²) in [7, 11) is 2.14. The third-order valence-electron chi connectivity index (χ3n) is 3.43. The summed E-state index contributed by atoms with van der Waals surface area (Å²) in [5, 5.41) is 0. The first kappa shape index (κ1) is 20.1. The molecule has 0 unspecified atom stereocenters. The second-order valence-electron chi connectivity index (χ2n) is 5.07. The van der Waals surface area contributed by atoms with Crippen molar-refractivity contribution in [1.29, 1.82) is 0 Å². The molecule has 27 heavy (non-hydrogen) atoms. The van der Waals surface area contributed by atoms with Crippen molar-refractivity contribution in [2.45, 2.75) is 6.61 Å². The molecule has 0 saturated carbocycles. The number of hydrogen-bond donors (Lipinski definition) is 0. The zero-order valence-corrected chi connectivity index (χ0v) is 13.9. The van der Waals surface area contributed by atoms with Crippen LogP contribution in [0, 0.1) is 29.1 Å². The molecule has 10 heteroatoms. The fourth-order valence-corrected chi connectivity index (χ4v) is 2.09. The van der Waals surface area contributed by atoms with Crippen molar-refractivity contribution >= 4 is 11.9 Å². The van der Waals surface area contributed by atoms with Gasteiger partial charge in [-0.05, 0) is 18.2 Å². The summed E-state index contributed by atoms with van der Waals surface area (Å²) in [5.74, 6) is -12.6. The Bertz CT molecular complexity index is 850. The van der Waals surface area contributed by atoms with Crippen LogP contribution < -0.4 is 4.74 Å². The molecule has 5 nitrogen and oxygen atoms in total. The van der Waals surface area contributed by atoms with Crippen LogP contribution in [0.5, 0.6) is 5.75 Å². The number of halogens is 5. The van der Waals surface area contributed by atoms with Gasteiger partial charge in [0.05, 0.1) is 30.9 Å². The molecular formula is C17H11F5O5. The molecule has 0 fully saturated rings. The lowest BCUT2D eigenvalue weighted by Gasteiger charge is -2.12. The van der Waals surface area contributed by atoms with Gasteiger partial charge in [0.1, 0.15) is 12.4 Å². The number of esters is 2. The number of benzene rings is 2. The van der Waals surface area contributed by atoms with Crippen molar-refractivity contribution < 1.29 is 45.8 Å². The Morgan fingerprint density at radius 1 is 0.741 bits per heavy atom. The fraction of sp³-hybridized carbons (Fsp3) is 0.176. The fourth-order valence-electron chi connectivity index (χ4n) is 2.09. The van der Waals surface area contributed by atoms with Crippen molar-refractivity contribution in [2.24, 2.45) is 0 Å². The number of methoxy groups -OCH3 is 2. The quantitative estimate of drug-likeness (QED) is 0.338. The molecule has 0 aliphatic rings. The van der Waals surface area contributed by atoms with E-state index in [0.29, 0.717) is 0 Å². The maximum absolute atomic E-state index is 13.7. The molecule has 0 spiro atoms. The minimum Gasteiger partial charge on any atom is -0.489 e. The van der Waals surface area contributed by atoms with Crippen molar-refractivity contribution in [3.8, 4) is 5.75 Å². The topological polar surface area (TPSA) is 61.8 Å². The lowest BCUT2D eigenvalue weighted by atomic mass is 10.1. The Kier molecular flexibility index (Phi) is 5.98. The molecule has 0 aliphatic heterocycles. The van der Waals surface area contributed by atoms with Crippen LogP contribution in [-0.4, -0.2) is 26.2 Å².